The van der Waals surface area contributed by atoms with Crippen LogP contribution in [0.4, 0.5) is 5.82 Å². The Morgan fingerprint density at radius 2 is 1.95 bits per heavy atom. The van der Waals surface area contributed by atoms with Gasteiger partial charge in [0.05, 0.1) is 11.1 Å². The van der Waals surface area contributed by atoms with Crippen LogP contribution in [0.1, 0.15) is 28.8 Å². The fraction of sp³-hybridized carbons (Fsp3) is 0.200. The summed E-state index contributed by atoms with van der Waals surface area (Å²) in [5.41, 5.74) is 6.92. The smallest absolute Gasteiger partial charge is 0.255 e. The van der Waals surface area contributed by atoms with Crippen LogP contribution in [0.2, 0.25) is 5.02 Å². The Morgan fingerprint density at radius 1 is 1.25 bits per heavy atom. The van der Waals surface area contributed by atoms with Gasteiger partial charge in [-0.05, 0) is 42.7 Å². The van der Waals surface area contributed by atoms with Crippen molar-refractivity contribution in [3.63, 3.8) is 0 Å². The molecule has 0 bridgehead atoms. The van der Waals surface area contributed by atoms with Crippen molar-refractivity contribution in [2.24, 2.45) is 0 Å². The molecule has 0 atom stereocenters. The molecule has 1 fully saturated rings. The first-order valence-electron chi connectivity index (χ1n) is 6.40. The van der Waals surface area contributed by atoms with Gasteiger partial charge in [-0.2, -0.15) is 0 Å². The van der Waals surface area contributed by atoms with Gasteiger partial charge in [-0.3, -0.25) is 4.79 Å². The minimum Gasteiger partial charge on any atom is -0.383 e. The van der Waals surface area contributed by atoms with Crippen molar-refractivity contribution >= 4 is 23.3 Å². The third-order valence-corrected chi connectivity index (χ3v) is 3.83. The Balaban J connectivity index is 1.82. The van der Waals surface area contributed by atoms with E-state index in [4.69, 9.17) is 17.3 Å². The molecule has 0 spiro atoms. The van der Waals surface area contributed by atoms with E-state index in [1.165, 1.54) is 0 Å². The van der Waals surface area contributed by atoms with Crippen molar-refractivity contribution in [1.82, 2.24) is 10.3 Å². The molecule has 102 valence electrons. The molecule has 20 heavy (non-hydrogen) atoms. The monoisotopic (exact) mass is 287 g/mol. The maximum absolute atomic E-state index is 12.3. The summed E-state index contributed by atoms with van der Waals surface area (Å²) >= 11 is 5.89. The van der Waals surface area contributed by atoms with E-state index >= 15 is 0 Å². The molecule has 1 aromatic carbocycles. The van der Waals surface area contributed by atoms with E-state index in [0.717, 1.165) is 18.4 Å². The van der Waals surface area contributed by atoms with Gasteiger partial charge in [-0.1, -0.05) is 23.7 Å². The average molecular weight is 288 g/mol. The molecule has 0 unspecified atom stereocenters. The summed E-state index contributed by atoms with van der Waals surface area (Å²) in [5.74, 6) is 0.0555. The topological polar surface area (TPSA) is 68.0 Å². The molecule has 5 heteroatoms. The van der Waals surface area contributed by atoms with Crippen LogP contribution in [0.25, 0.3) is 0 Å². The maximum Gasteiger partial charge on any atom is 0.255 e. The van der Waals surface area contributed by atoms with E-state index in [-0.39, 0.29) is 17.3 Å². The molecular formula is C15H14ClN3O. The lowest BCUT2D eigenvalue weighted by atomic mass is 10.0. The lowest BCUT2D eigenvalue weighted by molar-refractivity contribution is 0.0931. The third kappa shape index (κ3) is 2.34. The summed E-state index contributed by atoms with van der Waals surface area (Å²) in [5, 5.41) is 3.75. The van der Waals surface area contributed by atoms with Gasteiger partial charge < -0.3 is 11.1 Å². The number of nitrogens with one attached hydrogen (secondary N) is 1. The number of anilines is 1. The van der Waals surface area contributed by atoms with Gasteiger partial charge in [0.1, 0.15) is 5.82 Å². The minimum absolute atomic E-state index is 0.192. The number of carbonyl (C=O) groups is 1. The highest BCUT2D eigenvalue weighted by molar-refractivity contribution is 6.30. The van der Waals surface area contributed by atoms with E-state index < -0.39 is 0 Å². The summed E-state index contributed by atoms with van der Waals surface area (Å²) in [6.45, 7) is 0. The fourth-order valence-electron chi connectivity index (χ4n) is 2.27. The maximum atomic E-state index is 12.3. The molecule has 1 saturated carbocycles. The molecule has 1 aromatic heterocycles. The number of hydrogen-bond donors (Lipinski definition) is 2. The Kier molecular flexibility index (Phi) is 3.10. The average Bonchev–Trinajstić information content (AvgIpc) is 3.20. The molecule has 3 rings (SSSR count). The van der Waals surface area contributed by atoms with Gasteiger partial charge >= 0.3 is 0 Å². The number of hydrogen-bond acceptors (Lipinski definition) is 3. The molecule has 4 nitrogen and oxygen atoms in total. The lowest BCUT2D eigenvalue weighted by Gasteiger charge is -2.18. The lowest BCUT2D eigenvalue weighted by Crippen LogP contribution is -2.35. The molecule has 1 heterocycles. The second-order valence-corrected chi connectivity index (χ2v) is 5.42. The van der Waals surface area contributed by atoms with Gasteiger partial charge in [0.2, 0.25) is 0 Å². The number of carbonyl (C=O) groups excluding carboxylic acids is 1. The largest absolute Gasteiger partial charge is 0.383 e. The van der Waals surface area contributed by atoms with Crippen LogP contribution < -0.4 is 11.1 Å². The van der Waals surface area contributed by atoms with Crippen LogP contribution in [0.5, 0.6) is 0 Å². The second kappa shape index (κ2) is 4.80. The number of amides is 1. The SMILES string of the molecule is Nc1ncccc1C(=O)NC1(c2ccc(Cl)cc2)CC1. The molecule has 0 aliphatic heterocycles. The number of benzene rings is 1. The van der Waals surface area contributed by atoms with Crippen LogP contribution in [0.15, 0.2) is 42.6 Å². The number of pyridine rings is 1. The standard InChI is InChI=1S/C15H14ClN3O/c16-11-5-3-10(4-6-11)15(7-8-15)19-14(20)12-2-1-9-18-13(12)17/h1-6,9H,7-8H2,(H2,17,18)(H,19,20). The first-order valence-corrected chi connectivity index (χ1v) is 6.78. The van der Waals surface area contributed by atoms with Crippen molar-refractivity contribution in [1.29, 1.82) is 0 Å². The summed E-state index contributed by atoms with van der Waals surface area (Å²) in [6.07, 6.45) is 3.40. The number of nitrogen functional groups attached to an aromatic ring is 1. The van der Waals surface area contributed by atoms with Crippen molar-refractivity contribution in [2.45, 2.75) is 18.4 Å². The highest BCUT2D eigenvalue weighted by atomic mass is 35.5. The van der Waals surface area contributed by atoms with Gasteiger partial charge in [0.25, 0.3) is 5.91 Å². The molecule has 1 amide bonds. The van der Waals surface area contributed by atoms with E-state index in [0.29, 0.717) is 10.6 Å². The van der Waals surface area contributed by atoms with Crippen LogP contribution in [-0.4, -0.2) is 10.9 Å². The van der Waals surface area contributed by atoms with Crippen molar-refractivity contribution in [3.8, 4) is 0 Å². The van der Waals surface area contributed by atoms with Crippen molar-refractivity contribution < 1.29 is 4.79 Å². The highest BCUT2D eigenvalue weighted by Gasteiger charge is 2.45. The fourth-order valence-corrected chi connectivity index (χ4v) is 2.40. The van der Waals surface area contributed by atoms with Gasteiger partial charge in [-0.25, -0.2) is 4.98 Å². The Morgan fingerprint density at radius 3 is 2.55 bits per heavy atom. The van der Waals surface area contributed by atoms with Crippen molar-refractivity contribution in [2.75, 3.05) is 5.73 Å². The molecular weight excluding hydrogens is 274 g/mol. The molecule has 0 saturated heterocycles. The van der Waals surface area contributed by atoms with Crippen LogP contribution in [0, 0.1) is 0 Å². The molecule has 3 N–H and O–H groups in total. The van der Waals surface area contributed by atoms with Gasteiger partial charge in [0.15, 0.2) is 0 Å². The number of aromatic nitrogens is 1. The Bertz CT molecular complexity index is 650. The number of halogens is 1. The molecule has 1 aliphatic rings. The molecule has 2 aromatic rings. The van der Waals surface area contributed by atoms with E-state index in [9.17, 15) is 4.79 Å². The third-order valence-electron chi connectivity index (χ3n) is 3.58. The zero-order valence-electron chi connectivity index (χ0n) is 10.8. The Hall–Kier alpha value is -2.07. The minimum atomic E-state index is -0.288. The summed E-state index contributed by atoms with van der Waals surface area (Å²) in [7, 11) is 0. The van der Waals surface area contributed by atoms with Crippen LogP contribution in [0.3, 0.4) is 0 Å². The summed E-state index contributed by atoms with van der Waals surface area (Å²) < 4.78 is 0. The second-order valence-electron chi connectivity index (χ2n) is 4.98. The number of nitrogens with zero attached hydrogens (tertiary/aromatic N) is 1. The van der Waals surface area contributed by atoms with E-state index in [2.05, 4.69) is 10.3 Å². The van der Waals surface area contributed by atoms with Crippen molar-refractivity contribution in [3.05, 3.63) is 58.7 Å². The van der Waals surface area contributed by atoms with Crippen LogP contribution in [-0.2, 0) is 5.54 Å². The Labute approximate surface area is 122 Å². The predicted molar refractivity (Wildman–Crippen MR) is 78.5 cm³/mol. The van der Waals surface area contributed by atoms with Gasteiger partial charge in [0, 0.05) is 11.2 Å². The zero-order chi connectivity index (χ0) is 14.2. The normalized spacial score (nSPS) is 15.7. The van der Waals surface area contributed by atoms with Gasteiger partial charge in [-0.15, -0.1) is 0 Å². The van der Waals surface area contributed by atoms with E-state index in [1.54, 1.807) is 18.3 Å². The quantitative estimate of drug-likeness (QED) is 0.912. The predicted octanol–water partition coefficient (Wildman–Crippen LogP) is 2.74. The van der Waals surface area contributed by atoms with E-state index in [1.807, 2.05) is 24.3 Å². The zero-order valence-corrected chi connectivity index (χ0v) is 11.5. The highest BCUT2D eigenvalue weighted by Crippen LogP contribution is 2.45. The summed E-state index contributed by atoms with van der Waals surface area (Å²) in [4.78, 5) is 16.2. The molecule has 0 radical (unpaired) electrons. The van der Waals surface area contributed by atoms with Crippen LogP contribution >= 0.6 is 11.6 Å². The molecule has 1 aliphatic carbocycles. The first-order chi connectivity index (χ1) is 9.61. The summed E-state index contributed by atoms with van der Waals surface area (Å²) in [6, 6.07) is 10.9. The number of rotatable bonds is 3. The number of nitrogens with two attached hydrogens (primary N) is 1. The first kappa shape index (κ1) is 12.9.